The molecule has 28 heavy (non-hydrogen) atoms. The molecule has 2 aromatic carbocycles. The van der Waals surface area contributed by atoms with Crippen molar-refractivity contribution in [3.05, 3.63) is 65.7 Å². The first-order chi connectivity index (χ1) is 13.5. The van der Waals surface area contributed by atoms with Gasteiger partial charge in [0, 0.05) is 30.6 Å². The average molecular weight is 385 g/mol. The molecule has 3 aromatic rings. The third-order valence-corrected chi connectivity index (χ3v) is 4.29. The molecule has 0 saturated carbocycles. The van der Waals surface area contributed by atoms with Crippen LogP contribution < -0.4 is 4.74 Å². The number of furan rings is 1. The smallest absolute Gasteiger partial charge is 0.310 e. The Bertz CT molecular complexity index is 997. The van der Waals surface area contributed by atoms with Crippen molar-refractivity contribution in [1.29, 1.82) is 0 Å². The molecule has 0 aliphatic heterocycles. The summed E-state index contributed by atoms with van der Waals surface area (Å²) in [4.78, 5) is 25.6. The van der Waals surface area contributed by atoms with Crippen LogP contribution in [0.2, 0.25) is 0 Å². The molecule has 1 heterocycles. The lowest BCUT2D eigenvalue weighted by molar-refractivity contribution is -0.151. The van der Waals surface area contributed by atoms with Gasteiger partial charge in [-0.1, -0.05) is 12.1 Å². The van der Waals surface area contributed by atoms with Gasteiger partial charge in [-0.05, 0) is 29.8 Å². The second-order valence-electron chi connectivity index (χ2n) is 6.34. The van der Waals surface area contributed by atoms with Gasteiger partial charge in [0.25, 0.3) is 5.91 Å². The summed E-state index contributed by atoms with van der Waals surface area (Å²) in [6.45, 7) is -0.156. The molecule has 0 atom stereocenters. The molecule has 0 radical (unpaired) electrons. The van der Waals surface area contributed by atoms with E-state index in [2.05, 4.69) is 0 Å². The quantitative estimate of drug-likeness (QED) is 0.584. The van der Waals surface area contributed by atoms with E-state index in [1.54, 1.807) is 44.5 Å². The van der Waals surface area contributed by atoms with E-state index in [-0.39, 0.29) is 31.3 Å². The van der Waals surface area contributed by atoms with Crippen LogP contribution >= 0.6 is 0 Å². The number of esters is 1. The van der Waals surface area contributed by atoms with E-state index in [1.165, 1.54) is 23.3 Å². The van der Waals surface area contributed by atoms with Crippen LogP contribution in [-0.4, -0.2) is 37.5 Å². The Balaban J connectivity index is 1.53. The van der Waals surface area contributed by atoms with E-state index in [0.717, 1.165) is 5.39 Å². The van der Waals surface area contributed by atoms with Crippen molar-refractivity contribution in [3.63, 3.8) is 0 Å². The molecule has 6 nitrogen and oxygen atoms in total. The number of carbonyl (C=O) groups is 2. The minimum atomic E-state index is -0.536. The molecule has 146 valence electrons. The predicted octanol–water partition coefficient (Wildman–Crippen LogP) is 3.32. The molecule has 0 unspecified atom stereocenters. The molecule has 0 aliphatic carbocycles. The van der Waals surface area contributed by atoms with Crippen LogP contribution in [0.15, 0.2) is 53.1 Å². The summed E-state index contributed by atoms with van der Waals surface area (Å²) in [5, 5.41) is 0.785. The van der Waals surface area contributed by atoms with Gasteiger partial charge >= 0.3 is 5.97 Å². The van der Waals surface area contributed by atoms with E-state index in [4.69, 9.17) is 13.9 Å². The number of carbonyl (C=O) groups excluding carboxylic acids is 2. The molecule has 0 bridgehead atoms. The largest absolute Gasteiger partial charge is 0.497 e. The van der Waals surface area contributed by atoms with E-state index < -0.39 is 5.97 Å². The molecule has 3 rings (SSSR count). The number of amides is 1. The van der Waals surface area contributed by atoms with E-state index in [0.29, 0.717) is 22.5 Å². The highest BCUT2D eigenvalue weighted by Crippen LogP contribution is 2.26. The summed E-state index contributed by atoms with van der Waals surface area (Å²) in [7, 11) is 3.13. The highest BCUT2D eigenvalue weighted by atomic mass is 19.1. The van der Waals surface area contributed by atoms with Crippen LogP contribution in [0.3, 0.4) is 0 Å². The van der Waals surface area contributed by atoms with Gasteiger partial charge in [-0.15, -0.1) is 0 Å². The summed E-state index contributed by atoms with van der Waals surface area (Å²) < 4.78 is 28.9. The molecule has 0 saturated heterocycles. The zero-order chi connectivity index (χ0) is 20.1. The maximum absolute atomic E-state index is 13.2. The van der Waals surface area contributed by atoms with Crippen molar-refractivity contribution in [1.82, 2.24) is 4.90 Å². The number of halogens is 1. The van der Waals surface area contributed by atoms with Crippen LogP contribution in [0.1, 0.15) is 11.1 Å². The number of rotatable bonds is 7. The first kappa shape index (κ1) is 19.4. The van der Waals surface area contributed by atoms with Crippen molar-refractivity contribution in [2.45, 2.75) is 13.0 Å². The van der Waals surface area contributed by atoms with Gasteiger partial charge in [-0.25, -0.2) is 4.39 Å². The van der Waals surface area contributed by atoms with Crippen molar-refractivity contribution < 1.29 is 27.9 Å². The number of hydrogen-bond acceptors (Lipinski definition) is 5. The lowest BCUT2D eigenvalue weighted by atomic mass is 10.1. The Morgan fingerprint density at radius 2 is 2.00 bits per heavy atom. The predicted molar refractivity (Wildman–Crippen MR) is 100 cm³/mol. The third kappa shape index (κ3) is 4.68. The second-order valence-corrected chi connectivity index (χ2v) is 6.34. The molecular weight excluding hydrogens is 365 g/mol. The molecule has 0 spiro atoms. The van der Waals surface area contributed by atoms with Crippen LogP contribution in [0.25, 0.3) is 11.0 Å². The van der Waals surface area contributed by atoms with Crippen molar-refractivity contribution in [3.8, 4) is 5.75 Å². The topological polar surface area (TPSA) is 69.0 Å². The maximum Gasteiger partial charge on any atom is 0.310 e. The van der Waals surface area contributed by atoms with Crippen LogP contribution in [0.4, 0.5) is 4.39 Å². The van der Waals surface area contributed by atoms with Crippen molar-refractivity contribution >= 4 is 22.8 Å². The Morgan fingerprint density at radius 3 is 2.75 bits per heavy atom. The van der Waals surface area contributed by atoms with Gasteiger partial charge in [0.05, 0.1) is 19.8 Å². The van der Waals surface area contributed by atoms with Crippen molar-refractivity contribution in [2.24, 2.45) is 0 Å². The molecular formula is C21H20FNO5. The van der Waals surface area contributed by atoms with Gasteiger partial charge in [0.1, 0.15) is 17.1 Å². The number of hydrogen-bond donors (Lipinski definition) is 0. The van der Waals surface area contributed by atoms with Crippen LogP contribution in [0, 0.1) is 5.82 Å². The van der Waals surface area contributed by atoms with Gasteiger partial charge in [-0.3, -0.25) is 9.59 Å². The summed E-state index contributed by atoms with van der Waals surface area (Å²) >= 11 is 0. The number of methoxy groups -OCH3 is 1. The lowest BCUT2D eigenvalue weighted by Crippen LogP contribution is -2.31. The average Bonchev–Trinajstić information content (AvgIpc) is 3.07. The minimum Gasteiger partial charge on any atom is -0.497 e. The fourth-order valence-electron chi connectivity index (χ4n) is 2.78. The van der Waals surface area contributed by atoms with E-state index in [1.807, 2.05) is 0 Å². The standard InChI is InChI=1S/C21H20FNO5/c1-23(11-14-4-3-5-16(22)8-14)20(24)13-28-21(25)9-15-12-27-19-10-17(26-2)6-7-18(15)19/h3-8,10,12H,9,11,13H2,1-2H3. The van der Waals surface area contributed by atoms with Crippen LogP contribution in [-0.2, 0) is 27.3 Å². The number of ether oxygens (including phenoxy) is 2. The number of benzene rings is 2. The Kier molecular flexibility index (Phi) is 5.93. The Hall–Kier alpha value is -3.35. The highest BCUT2D eigenvalue weighted by Gasteiger charge is 2.15. The van der Waals surface area contributed by atoms with Crippen LogP contribution in [0.5, 0.6) is 5.75 Å². The fraction of sp³-hybridized carbons (Fsp3) is 0.238. The number of likely N-dealkylation sites (N-methyl/N-ethyl adjacent to an activating group) is 1. The van der Waals surface area contributed by atoms with Gasteiger partial charge in [0.2, 0.25) is 0 Å². The zero-order valence-electron chi connectivity index (χ0n) is 15.6. The number of fused-ring (bicyclic) bond motifs is 1. The highest BCUT2D eigenvalue weighted by molar-refractivity contribution is 5.87. The fourth-order valence-corrected chi connectivity index (χ4v) is 2.78. The van der Waals surface area contributed by atoms with Gasteiger partial charge in [0.15, 0.2) is 6.61 Å². The monoisotopic (exact) mass is 385 g/mol. The molecule has 0 aliphatic rings. The summed E-state index contributed by atoms with van der Waals surface area (Å²) in [5.41, 5.74) is 1.93. The maximum atomic E-state index is 13.2. The minimum absolute atomic E-state index is 0.0137. The van der Waals surface area contributed by atoms with E-state index in [9.17, 15) is 14.0 Å². The Morgan fingerprint density at radius 1 is 1.18 bits per heavy atom. The second kappa shape index (κ2) is 8.56. The third-order valence-electron chi connectivity index (χ3n) is 4.29. The first-order valence-electron chi connectivity index (χ1n) is 8.64. The molecule has 1 aromatic heterocycles. The van der Waals surface area contributed by atoms with Crippen molar-refractivity contribution in [2.75, 3.05) is 20.8 Å². The zero-order valence-corrected chi connectivity index (χ0v) is 15.6. The first-order valence-corrected chi connectivity index (χ1v) is 8.64. The molecule has 0 fully saturated rings. The summed E-state index contributed by atoms with van der Waals surface area (Å²) in [5.74, 6) is -0.622. The molecule has 1 amide bonds. The van der Waals surface area contributed by atoms with E-state index >= 15 is 0 Å². The van der Waals surface area contributed by atoms with Gasteiger partial charge in [-0.2, -0.15) is 0 Å². The van der Waals surface area contributed by atoms with Gasteiger partial charge < -0.3 is 18.8 Å². The summed E-state index contributed by atoms with van der Waals surface area (Å²) in [6.07, 6.45) is 1.48. The SMILES string of the molecule is COc1ccc2c(CC(=O)OCC(=O)N(C)Cc3cccc(F)c3)coc2c1. The summed E-state index contributed by atoms with van der Waals surface area (Å²) in [6, 6.07) is 11.3. The molecule has 7 heteroatoms. The normalized spacial score (nSPS) is 10.7. The molecule has 0 N–H and O–H groups in total. The number of nitrogens with zero attached hydrogens (tertiary/aromatic N) is 1. The Labute approximate surface area is 161 Å². The lowest BCUT2D eigenvalue weighted by Gasteiger charge is -2.17.